The van der Waals surface area contributed by atoms with Crippen LogP contribution in [0, 0.1) is 0 Å². The first-order valence-corrected chi connectivity index (χ1v) is 7.91. The highest BCUT2D eigenvalue weighted by atomic mass is 15.1. The average Bonchev–Trinajstić information content (AvgIpc) is 2.78. The van der Waals surface area contributed by atoms with Crippen molar-refractivity contribution in [1.29, 1.82) is 0 Å². The minimum Gasteiger partial charge on any atom is -0.361 e. The molecule has 108 valence electrons. The minimum absolute atomic E-state index is 0.967. The molecule has 2 aromatic rings. The number of aromatic amines is 1. The van der Waals surface area contributed by atoms with Crippen LogP contribution in [0.15, 0.2) is 30.5 Å². The number of likely N-dealkylation sites (tertiary alicyclic amines) is 1. The van der Waals surface area contributed by atoms with Gasteiger partial charge in [0.1, 0.15) is 0 Å². The first-order valence-electron chi connectivity index (χ1n) is 7.91. The molecule has 0 amide bonds. The lowest BCUT2D eigenvalue weighted by atomic mass is 10.1. The molecule has 2 heterocycles. The van der Waals surface area contributed by atoms with E-state index in [1.54, 1.807) is 0 Å². The third-order valence-electron chi connectivity index (χ3n) is 4.25. The van der Waals surface area contributed by atoms with Crippen LogP contribution in [-0.4, -0.2) is 36.1 Å². The van der Waals surface area contributed by atoms with Crippen LogP contribution in [-0.2, 0) is 6.54 Å². The summed E-state index contributed by atoms with van der Waals surface area (Å²) < 4.78 is 0. The summed E-state index contributed by atoms with van der Waals surface area (Å²) in [5.74, 6) is 0. The van der Waals surface area contributed by atoms with Gasteiger partial charge in [-0.15, -0.1) is 0 Å². The van der Waals surface area contributed by atoms with Gasteiger partial charge in [0.25, 0.3) is 0 Å². The van der Waals surface area contributed by atoms with Crippen molar-refractivity contribution < 1.29 is 0 Å². The van der Waals surface area contributed by atoms with Crippen molar-refractivity contribution in [3.63, 3.8) is 0 Å². The molecule has 0 bridgehead atoms. The van der Waals surface area contributed by atoms with Gasteiger partial charge in [-0.25, -0.2) is 0 Å². The highest BCUT2D eigenvalue weighted by Gasteiger charge is 2.07. The summed E-state index contributed by atoms with van der Waals surface area (Å²) in [6.07, 6.45) is 7.59. The topological polar surface area (TPSA) is 31.1 Å². The second kappa shape index (κ2) is 6.91. The molecule has 1 aromatic carbocycles. The van der Waals surface area contributed by atoms with Crippen molar-refractivity contribution in [1.82, 2.24) is 15.2 Å². The molecule has 3 nitrogen and oxygen atoms in total. The van der Waals surface area contributed by atoms with E-state index in [9.17, 15) is 0 Å². The smallest absolute Gasteiger partial charge is 0.0454 e. The third kappa shape index (κ3) is 3.62. The third-order valence-corrected chi connectivity index (χ3v) is 4.25. The Balaban J connectivity index is 1.42. The molecule has 1 aliphatic rings. The Morgan fingerprint density at radius 1 is 1.05 bits per heavy atom. The van der Waals surface area contributed by atoms with Crippen molar-refractivity contribution in [2.75, 3.05) is 26.2 Å². The van der Waals surface area contributed by atoms with E-state index in [2.05, 4.69) is 39.5 Å². The van der Waals surface area contributed by atoms with Crippen molar-refractivity contribution >= 4 is 10.9 Å². The molecule has 2 N–H and O–H groups in total. The number of hydrogen-bond donors (Lipinski definition) is 2. The van der Waals surface area contributed by atoms with E-state index >= 15 is 0 Å². The summed E-state index contributed by atoms with van der Waals surface area (Å²) in [5.41, 5.74) is 2.59. The van der Waals surface area contributed by atoms with Crippen LogP contribution in [0.5, 0.6) is 0 Å². The summed E-state index contributed by atoms with van der Waals surface area (Å²) in [6.45, 7) is 5.82. The Bertz CT molecular complexity index is 524. The van der Waals surface area contributed by atoms with E-state index in [1.807, 2.05) is 6.20 Å². The molecule has 20 heavy (non-hydrogen) atoms. The van der Waals surface area contributed by atoms with E-state index in [4.69, 9.17) is 0 Å². The summed E-state index contributed by atoms with van der Waals surface area (Å²) in [6, 6.07) is 8.78. The molecule has 0 saturated carbocycles. The van der Waals surface area contributed by atoms with Gasteiger partial charge in [0, 0.05) is 31.3 Å². The van der Waals surface area contributed by atoms with E-state index < -0.39 is 0 Å². The Hall–Kier alpha value is -1.32. The number of nitrogens with one attached hydrogen (secondary N) is 2. The Morgan fingerprint density at radius 2 is 1.90 bits per heavy atom. The van der Waals surface area contributed by atoms with Crippen LogP contribution < -0.4 is 5.32 Å². The molecular weight excluding hydrogens is 246 g/mol. The van der Waals surface area contributed by atoms with Crippen molar-refractivity contribution in [3.05, 3.63) is 36.0 Å². The van der Waals surface area contributed by atoms with Crippen LogP contribution in [0.2, 0.25) is 0 Å². The average molecular weight is 271 g/mol. The molecule has 1 aromatic heterocycles. The molecule has 0 aliphatic carbocycles. The van der Waals surface area contributed by atoms with Gasteiger partial charge in [0.15, 0.2) is 0 Å². The van der Waals surface area contributed by atoms with Gasteiger partial charge in [0.2, 0.25) is 0 Å². The summed E-state index contributed by atoms with van der Waals surface area (Å²) in [5, 5.41) is 4.88. The highest BCUT2D eigenvalue weighted by molar-refractivity contribution is 5.79. The zero-order valence-corrected chi connectivity index (χ0v) is 12.2. The number of H-pyrrole nitrogens is 1. The predicted octanol–water partition coefficient (Wildman–Crippen LogP) is 3.13. The summed E-state index contributed by atoms with van der Waals surface area (Å²) >= 11 is 0. The maximum atomic E-state index is 3.57. The molecule has 1 fully saturated rings. The van der Waals surface area contributed by atoms with E-state index in [0.29, 0.717) is 0 Å². The Labute approximate surface area is 121 Å². The number of rotatable bonds is 5. The zero-order chi connectivity index (χ0) is 13.6. The number of benzene rings is 1. The number of nitrogens with zero attached hydrogens (tertiary/aromatic N) is 1. The zero-order valence-electron chi connectivity index (χ0n) is 12.2. The number of aromatic nitrogens is 1. The fourth-order valence-electron chi connectivity index (χ4n) is 3.04. The molecule has 1 saturated heterocycles. The molecule has 3 heteroatoms. The van der Waals surface area contributed by atoms with Crippen LogP contribution in [0.1, 0.15) is 31.2 Å². The Kier molecular flexibility index (Phi) is 4.72. The molecule has 3 rings (SSSR count). The van der Waals surface area contributed by atoms with Crippen molar-refractivity contribution in [2.45, 2.75) is 32.2 Å². The largest absolute Gasteiger partial charge is 0.361 e. The second-order valence-electron chi connectivity index (χ2n) is 5.83. The predicted molar refractivity (Wildman–Crippen MR) is 84.9 cm³/mol. The normalized spacial score (nSPS) is 17.4. The van der Waals surface area contributed by atoms with Gasteiger partial charge in [0.05, 0.1) is 0 Å². The van der Waals surface area contributed by atoms with Gasteiger partial charge in [-0.05, 0) is 55.1 Å². The van der Waals surface area contributed by atoms with Gasteiger partial charge in [-0.1, -0.05) is 18.9 Å². The first-order chi connectivity index (χ1) is 9.92. The lowest BCUT2D eigenvalue weighted by molar-refractivity contribution is 0.284. The lowest BCUT2D eigenvalue weighted by Gasteiger charge is -2.19. The van der Waals surface area contributed by atoms with Crippen molar-refractivity contribution in [3.8, 4) is 0 Å². The molecule has 1 aliphatic heterocycles. The van der Waals surface area contributed by atoms with Crippen LogP contribution in [0.25, 0.3) is 10.9 Å². The number of fused-ring (bicyclic) bond motifs is 1. The lowest BCUT2D eigenvalue weighted by Crippen LogP contribution is -2.32. The monoisotopic (exact) mass is 271 g/mol. The van der Waals surface area contributed by atoms with E-state index in [1.165, 1.54) is 61.8 Å². The fourth-order valence-corrected chi connectivity index (χ4v) is 3.04. The molecule has 0 radical (unpaired) electrons. The van der Waals surface area contributed by atoms with Gasteiger partial charge in [-0.2, -0.15) is 0 Å². The second-order valence-corrected chi connectivity index (χ2v) is 5.83. The Morgan fingerprint density at radius 3 is 2.75 bits per heavy atom. The quantitative estimate of drug-likeness (QED) is 0.819. The molecule has 0 unspecified atom stereocenters. The standard InChI is InChI=1S/C17H25N3/c1-2-4-11-20(10-3-1)12-9-18-14-15-5-6-17-16(13-15)7-8-19-17/h5-8,13,18-19H,1-4,9-12,14H2. The molecule has 0 spiro atoms. The minimum atomic E-state index is 0.967. The van der Waals surface area contributed by atoms with E-state index in [-0.39, 0.29) is 0 Å². The van der Waals surface area contributed by atoms with E-state index in [0.717, 1.165) is 13.1 Å². The van der Waals surface area contributed by atoms with Gasteiger partial charge >= 0.3 is 0 Å². The maximum absolute atomic E-state index is 3.57. The SMILES string of the molecule is c1cc2cc(CNCCN3CCCCCC3)ccc2[nH]1. The van der Waals surface area contributed by atoms with Crippen LogP contribution in [0.4, 0.5) is 0 Å². The molecule has 0 atom stereocenters. The van der Waals surface area contributed by atoms with Gasteiger partial charge < -0.3 is 15.2 Å². The van der Waals surface area contributed by atoms with Crippen LogP contribution >= 0.6 is 0 Å². The summed E-state index contributed by atoms with van der Waals surface area (Å²) in [4.78, 5) is 5.84. The van der Waals surface area contributed by atoms with Crippen molar-refractivity contribution in [2.24, 2.45) is 0 Å². The fraction of sp³-hybridized carbons (Fsp3) is 0.529. The van der Waals surface area contributed by atoms with Gasteiger partial charge in [-0.3, -0.25) is 0 Å². The molecular formula is C17H25N3. The van der Waals surface area contributed by atoms with Crippen LogP contribution in [0.3, 0.4) is 0 Å². The number of hydrogen-bond acceptors (Lipinski definition) is 2. The first kappa shape index (κ1) is 13.7. The highest BCUT2D eigenvalue weighted by Crippen LogP contribution is 2.14. The summed E-state index contributed by atoms with van der Waals surface area (Å²) in [7, 11) is 0. The maximum Gasteiger partial charge on any atom is 0.0454 e.